The van der Waals surface area contributed by atoms with Gasteiger partial charge in [-0.1, -0.05) is 41.4 Å². The van der Waals surface area contributed by atoms with Gasteiger partial charge in [-0.05, 0) is 54.0 Å². The number of amides is 1. The Balaban J connectivity index is 1.69. The second-order valence-corrected chi connectivity index (χ2v) is 8.87. The van der Waals surface area contributed by atoms with Gasteiger partial charge >= 0.3 is 0 Å². The van der Waals surface area contributed by atoms with Crippen LogP contribution in [0.2, 0.25) is 10.0 Å². The number of hydrogen-bond acceptors (Lipinski definition) is 3. The molecule has 2 aromatic rings. The molecule has 2 aromatic carbocycles. The van der Waals surface area contributed by atoms with Crippen molar-refractivity contribution >= 4 is 46.7 Å². The number of carbonyl (C=O) groups excluding carboxylic acids is 2. The van der Waals surface area contributed by atoms with Crippen molar-refractivity contribution in [1.82, 2.24) is 5.32 Å². The van der Waals surface area contributed by atoms with Crippen LogP contribution in [-0.2, 0) is 9.59 Å². The molecule has 0 spiro atoms. The summed E-state index contributed by atoms with van der Waals surface area (Å²) in [7, 11) is 0. The van der Waals surface area contributed by atoms with Gasteiger partial charge in [-0.2, -0.15) is 0 Å². The lowest BCUT2D eigenvalue weighted by molar-refractivity contribution is -0.122. The van der Waals surface area contributed by atoms with E-state index in [4.69, 9.17) is 23.2 Å². The van der Waals surface area contributed by atoms with E-state index < -0.39 is 0 Å². The summed E-state index contributed by atoms with van der Waals surface area (Å²) in [5.41, 5.74) is 3.49. The number of hydrogen-bond donors (Lipinski definition) is 1. The van der Waals surface area contributed by atoms with Crippen molar-refractivity contribution in [2.45, 2.75) is 36.0 Å². The fraction of sp³-hybridized carbons (Fsp3) is 0.273. The molecule has 0 bridgehead atoms. The fourth-order valence-corrected chi connectivity index (χ4v) is 4.80. The highest BCUT2D eigenvalue weighted by atomic mass is 35.5. The molecular weight excluding hydrogens is 413 g/mol. The maximum atomic E-state index is 13.1. The molecule has 0 saturated carbocycles. The molecule has 1 heterocycles. The number of ketones is 1. The number of thioether (sulfide) groups is 1. The van der Waals surface area contributed by atoms with E-state index in [9.17, 15) is 9.59 Å². The van der Waals surface area contributed by atoms with Crippen molar-refractivity contribution < 1.29 is 9.59 Å². The topological polar surface area (TPSA) is 46.2 Å². The van der Waals surface area contributed by atoms with Gasteiger partial charge in [-0.3, -0.25) is 9.59 Å². The van der Waals surface area contributed by atoms with Gasteiger partial charge in [0.1, 0.15) is 0 Å². The molecule has 0 fully saturated rings. The molecule has 28 heavy (non-hydrogen) atoms. The van der Waals surface area contributed by atoms with Crippen LogP contribution in [0.3, 0.4) is 0 Å². The Kier molecular flexibility index (Phi) is 5.55. The first-order valence-electron chi connectivity index (χ1n) is 9.11. The summed E-state index contributed by atoms with van der Waals surface area (Å²) in [4.78, 5) is 26.6. The summed E-state index contributed by atoms with van der Waals surface area (Å²) in [6.45, 7) is 0. The number of Topliss-reactive ketones (excluding diaryl/α,β-unsaturated/α-hetero) is 1. The quantitative estimate of drug-likeness (QED) is 0.631. The second kappa shape index (κ2) is 7.94. The second-order valence-electron chi connectivity index (χ2n) is 7.17. The maximum absolute atomic E-state index is 13.1. The zero-order valence-electron chi connectivity index (χ0n) is 15.3. The lowest BCUT2D eigenvalue weighted by Crippen LogP contribution is -2.38. The third-order valence-corrected chi connectivity index (χ3v) is 6.95. The third kappa shape index (κ3) is 3.73. The average Bonchev–Trinajstić information content (AvgIpc) is 2.69. The molecule has 3 nitrogen and oxygen atoms in total. The largest absolute Gasteiger partial charge is 0.329 e. The van der Waals surface area contributed by atoms with Crippen LogP contribution in [0.25, 0.3) is 0 Å². The Bertz CT molecular complexity index is 985. The van der Waals surface area contributed by atoms with Crippen LogP contribution < -0.4 is 5.32 Å². The van der Waals surface area contributed by atoms with Gasteiger partial charge in [0.25, 0.3) is 0 Å². The molecule has 0 aromatic heterocycles. The van der Waals surface area contributed by atoms with Crippen LogP contribution >= 0.6 is 35.0 Å². The summed E-state index contributed by atoms with van der Waals surface area (Å²) >= 11 is 13.8. The van der Waals surface area contributed by atoms with Crippen LogP contribution in [0.1, 0.15) is 42.2 Å². The van der Waals surface area contributed by atoms with Crippen LogP contribution in [0.15, 0.2) is 58.6 Å². The highest BCUT2D eigenvalue weighted by Gasteiger charge is 2.38. The number of allylic oxidation sites excluding steroid dienone is 2. The van der Waals surface area contributed by atoms with Crippen molar-refractivity contribution in [3.63, 3.8) is 0 Å². The van der Waals surface area contributed by atoms with Crippen molar-refractivity contribution in [3.05, 3.63) is 74.9 Å². The zero-order chi connectivity index (χ0) is 19.8. The molecule has 1 aliphatic heterocycles. The maximum Gasteiger partial charge on any atom is 0.225 e. The lowest BCUT2D eigenvalue weighted by Gasteiger charge is -2.34. The van der Waals surface area contributed by atoms with Crippen LogP contribution in [-0.4, -0.2) is 17.9 Å². The van der Waals surface area contributed by atoms with Crippen LogP contribution in [0.4, 0.5) is 0 Å². The molecule has 0 saturated heterocycles. The molecule has 4 rings (SSSR count). The van der Waals surface area contributed by atoms with E-state index in [2.05, 4.69) is 5.32 Å². The molecule has 0 radical (unpaired) electrons. The summed E-state index contributed by atoms with van der Waals surface area (Å²) in [6, 6.07) is 13.6. The Morgan fingerprint density at radius 1 is 0.929 bits per heavy atom. The van der Waals surface area contributed by atoms with Gasteiger partial charge in [-0.15, -0.1) is 11.8 Å². The predicted molar refractivity (Wildman–Crippen MR) is 114 cm³/mol. The first-order valence-corrected chi connectivity index (χ1v) is 11.1. The Morgan fingerprint density at radius 3 is 2.32 bits per heavy atom. The summed E-state index contributed by atoms with van der Waals surface area (Å²) < 4.78 is 0. The summed E-state index contributed by atoms with van der Waals surface area (Å²) in [5.74, 6) is -0.141. The van der Waals surface area contributed by atoms with E-state index >= 15 is 0 Å². The first kappa shape index (κ1) is 19.6. The van der Waals surface area contributed by atoms with Gasteiger partial charge < -0.3 is 5.32 Å². The molecule has 6 heteroatoms. The number of halogens is 2. The normalized spacial score (nSPS) is 22.1. The number of nitrogens with one attached hydrogen (secondary N) is 1. The molecule has 1 amide bonds. The zero-order valence-corrected chi connectivity index (χ0v) is 17.6. The van der Waals surface area contributed by atoms with Gasteiger partial charge in [0, 0.05) is 34.9 Å². The SMILES string of the molecule is CSc1ccc(C2CC(=O)NC3=C2C(=O)CC(c2ccc(Cl)c(Cl)c2)C3)cc1. The van der Waals surface area contributed by atoms with E-state index in [1.54, 1.807) is 17.8 Å². The molecule has 144 valence electrons. The molecule has 1 aliphatic carbocycles. The van der Waals surface area contributed by atoms with Crippen LogP contribution in [0, 0.1) is 0 Å². The minimum atomic E-state index is -0.179. The fourth-order valence-electron chi connectivity index (χ4n) is 4.08. The molecule has 2 aliphatic rings. The van der Waals surface area contributed by atoms with E-state index in [1.165, 1.54) is 0 Å². The summed E-state index contributed by atoms with van der Waals surface area (Å²) in [5, 5.41) is 3.92. The molecule has 2 unspecified atom stereocenters. The van der Waals surface area contributed by atoms with Crippen molar-refractivity contribution in [2.24, 2.45) is 0 Å². The minimum Gasteiger partial charge on any atom is -0.329 e. The van der Waals surface area contributed by atoms with Crippen molar-refractivity contribution in [1.29, 1.82) is 0 Å². The monoisotopic (exact) mass is 431 g/mol. The van der Waals surface area contributed by atoms with E-state index in [-0.39, 0.29) is 23.5 Å². The summed E-state index contributed by atoms with van der Waals surface area (Å²) in [6.07, 6.45) is 3.36. The van der Waals surface area contributed by atoms with Gasteiger partial charge in [0.15, 0.2) is 5.78 Å². The number of rotatable bonds is 3. The highest BCUT2D eigenvalue weighted by Crippen LogP contribution is 2.43. The van der Waals surface area contributed by atoms with Crippen molar-refractivity contribution in [2.75, 3.05) is 6.26 Å². The highest BCUT2D eigenvalue weighted by molar-refractivity contribution is 7.98. The Morgan fingerprint density at radius 2 is 1.64 bits per heavy atom. The van der Waals surface area contributed by atoms with E-state index in [0.717, 1.165) is 27.3 Å². The third-order valence-electron chi connectivity index (χ3n) is 5.47. The molecule has 1 N–H and O–H groups in total. The standard InChI is InChI=1S/C22H19Cl2NO2S/c1-28-15-5-2-12(3-6-15)16-11-21(27)25-19-9-14(10-20(26)22(16)19)13-4-7-17(23)18(24)8-13/h2-8,14,16H,9-11H2,1H3,(H,25,27). The van der Waals surface area contributed by atoms with Crippen LogP contribution in [0.5, 0.6) is 0 Å². The smallest absolute Gasteiger partial charge is 0.225 e. The number of carbonyl (C=O) groups is 2. The first-order chi connectivity index (χ1) is 13.5. The minimum absolute atomic E-state index is 0.0149. The molecule has 2 atom stereocenters. The lowest BCUT2D eigenvalue weighted by atomic mass is 9.73. The van der Waals surface area contributed by atoms with Gasteiger partial charge in [0.2, 0.25) is 5.91 Å². The Hall–Kier alpha value is -1.75. The van der Waals surface area contributed by atoms with E-state index in [1.807, 2.05) is 42.7 Å². The number of benzene rings is 2. The van der Waals surface area contributed by atoms with Gasteiger partial charge in [0.05, 0.1) is 10.0 Å². The average molecular weight is 432 g/mol. The molecular formula is C22H19Cl2NO2S. The predicted octanol–water partition coefficient (Wildman–Crippen LogP) is 5.72. The van der Waals surface area contributed by atoms with Gasteiger partial charge in [-0.25, -0.2) is 0 Å². The van der Waals surface area contributed by atoms with Crippen molar-refractivity contribution in [3.8, 4) is 0 Å². The Labute approximate surface area is 178 Å². The van der Waals surface area contributed by atoms with E-state index in [0.29, 0.717) is 29.3 Å².